The van der Waals surface area contributed by atoms with Crippen LogP contribution in [-0.4, -0.2) is 55.2 Å². The van der Waals surface area contributed by atoms with Gasteiger partial charge in [-0.25, -0.2) is 0 Å². The molecule has 0 radical (unpaired) electrons. The Balaban J connectivity index is 1.55. The fourth-order valence-corrected chi connectivity index (χ4v) is 4.04. The highest BCUT2D eigenvalue weighted by atomic mass is 79.9. The van der Waals surface area contributed by atoms with Crippen LogP contribution >= 0.6 is 27.5 Å². The van der Waals surface area contributed by atoms with Gasteiger partial charge in [0.05, 0.1) is 24.5 Å². The molecule has 2 aromatic carbocycles. The zero-order valence-electron chi connectivity index (χ0n) is 16.5. The van der Waals surface area contributed by atoms with Crippen LogP contribution in [0.25, 0.3) is 23.1 Å². The minimum atomic E-state index is -0.0763. The molecular formula is C23H23BrClN3O2. The first-order valence-corrected chi connectivity index (χ1v) is 11.1. The Bertz CT molecular complexity index is 1060. The normalized spacial score (nSPS) is 15.1. The molecule has 0 atom stereocenters. The van der Waals surface area contributed by atoms with Crippen molar-refractivity contribution in [2.24, 2.45) is 0 Å². The van der Waals surface area contributed by atoms with Gasteiger partial charge in [0.15, 0.2) is 0 Å². The van der Waals surface area contributed by atoms with Crippen molar-refractivity contribution in [1.29, 1.82) is 0 Å². The number of amides is 1. The summed E-state index contributed by atoms with van der Waals surface area (Å²) in [5.41, 5.74) is 3.36. The molecule has 0 unspecified atom stereocenters. The van der Waals surface area contributed by atoms with Crippen LogP contribution in [0.4, 0.5) is 0 Å². The summed E-state index contributed by atoms with van der Waals surface area (Å²) in [6, 6.07) is 13.5. The van der Waals surface area contributed by atoms with Gasteiger partial charge in [0.2, 0.25) is 0 Å². The maximum atomic E-state index is 13.1. The summed E-state index contributed by atoms with van der Waals surface area (Å²) in [4.78, 5) is 18.8. The van der Waals surface area contributed by atoms with Crippen LogP contribution in [0.1, 0.15) is 21.6 Å². The van der Waals surface area contributed by atoms with Gasteiger partial charge in [0.25, 0.3) is 5.91 Å². The van der Waals surface area contributed by atoms with Crippen LogP contribution in [0.2, 0.25) is 5.02 Å². The predicted molar refractivity (Wildman–Crippen MR) is 126 cm³/mol. The molecule has 0 saturated carbocycles. The number of fused-ring (bicyclic) bond motifs is 1. The van der Waals surface area contributed by atoms with Gasteiger partial charge in [-0.15, -0.1) is 0 Å². The SMILES string of the molecule is O=C(NCCN1CCOCC1)c1c(/C=C/c2ccc(Cl)cc2)[nH]c2cc(Br)ccc12. The van der Waals surface area contributed by atoms with E-state index in [9.17, 15) is 4.79 Å². The number of carbonyl (C=O) groups is 1. The maximum absolute atomic E-state index is 13.1. The van der Waals surface area contributed by atoms with E-state index in [1.165, 1.54) is 0 Å². The topological polar surface area (TPSA) is 57.4 Å². The number of nitrogens with one attached hydrogen (secondary N) is 2. The summed E-state index contributed by atoms with van der Waals surface area (Å²) in [5.74, 6) is -0.0763. The fraction of sp³-hybridized carbons (Fsp3) is 0.261. The molecule has 7 heteroatoms. The van der Waals surface area contributed by atoms with Gasteiger partial charge in [0, 0.05) is 46.6 Å². The highest BCUT2D eigenvalue weighted by Gasteiger charge is 2.18. The van der Waals surface area contributed by atoms with Crippen molar-refractivity contribution >= 4 is 56.5 Å². The molecule has 4 rings (SSSR count). The fourth-order valence-electron chi connectivity index (χ4n) is 3.55. The lowest BCUT2D eigenvalue weighted by atomic mass is 10.1. The van der Waals surface area contributed by atoms with Crippen LogP contribution in [0, 0.1) is 0 Å². The molecule has 1 saturated heterocycles. The number of ether oxygens (including phenoxy) is 1. The molecule has 2 heterocycles. The zero-order valence-corrected chi connectivity index (χ0v) is 18.8. The molecular weight excluding hydrogens is 466 g/mol. The van der Waals surface area contributed by atoms with Gasteiger partial charge in [-0.05, 0) is 35.9 Å². The Hall–Kier alpha value is -2.12. The number of morpholine rings is 1. The largest absolute Gasteiger partial charge is 0.379 e. The van der Waals surface area contributed by atoms with Gasteiger partial charge in [-0.3, -0.25) is 9.69 Å². The van der Waals surface area contributed by atoms with E-state index in [1.807, 2.05) is 54.6 Å². The second-order valence-electron chi connectivity index (χ2n) is 7.20. The lowest BCUT2D eigenvalue weighted by molar-refractivity contribution is 0.0383. The van der Waals surface area contributed by atoms with Crippen LogP contribution in [-0.2, 0) is 4.74 Å². The molecule has 156 valence electrons. The smallest absolute Gasteiger partial charge is 0.254 e. The molecule has 0 aliphatic carbocycles. The van der Waals surface area contributed by atoms with Crippen molar-refractivity contribution in [3.63, 3.8) is 0 Å². The van der Waals surface area contributed by atoms with Gasteiger partial charge in [0.1, 0.15) is 0 Å². The monoisotopic (exact) mass is 487 g/mol. The van der Waals surface area contributed by atoms with Crippen LogP contribution in [0.3, 0.4) is 0 Å². The van der Waals surface area contributed by atoms with E-state index >= 15 is 0 Å². The summed E-state index contributed by atoms with van der Waals surface area (Å²) < 4.78 is 6.34. The quantitative estimate of drug-likeness (QED) is 0.523. The molecule has 1 amide bonds. The number of rotatable bonds is 6. The second-order valence-corrected chi connectivity index (χ2v) is 8.55. The highest BCUT2D eigenvalue weighted by molar-refractivity contribution is 9.10. The Morgan fingerprint density at radius 2 is 1.93 bits per heavy atom. The lowest BCUT2D eigenvalue weighted by Crippen LogP contribution is -2.41. The summed E-state index contributed by atoms with van der Waals surface area (Å²) in [5, 5.41) is 4.68. The number of aromatic nitrogens is 1. The molecule has 30 heavy (non-hydrogen) atoms. The van der Waals surface area contributed by atoms with E-state index in [4.69, 9.17) is 16.3 Å². The third kappa shape index (κ3) is 5.13. The number of H-pyrrole nitrogens is 1. The minimum Gasteiger partial charge on any atom is -0.379 e. The van der Waals surface area contributed by atoms with E-state index in [2.05, 4.69) is 31.1 Å². The van der Waals surface area contributed by atoms with Crippen molar-refractivity contribution in [3.05, 3.63) is 68.8 Å². The second kappa shape index (κ2) is 9.79. The zero-order chi connectivity index (χ0) is 20.9. The van der Waals surface area contributed by atoms with Crippen LogP contribution in [0.15, 0.2) is 46.9 Å². The van der Waals surface area contributed by atoms with E-state index in [0.717, 1.165) is 59.5 Å². The number of halogens is 2. The van der Waals surface area contributed by atoms with Gasteiger partial charge in [-0.1, -0.05) is 51.8 Å². The highest BCUT2D eigenvalue weighted by Crippen LogP contribution is 2.27. The Kier molecular flexibility index (Phi) is 6.89. The van der Waals surface area contributed by atoms with E-state index < -0.39 is 0 Å². The lowest BCUT2D eigenvalue weighted by Gasteiger charge is -2.26. The summed E-state index contributed by atoms with van der Waals surface area (Å²) in [6.45, 7) is 4.75. The summed E-state index contributed by atoms with van der Waals surface area (Å²) in [7, 11) is 0. The third-order valence-corrected chi connectivity index (χ3v) is 5.89. The number of hydrogen-bond acceptors (Lipinski definition) is 3. The maximum Gasteiger partial charge on any atom is 0.254 e. The standard InChI is InChI=1S/C23H23BrClN3O2/c24-17-4-7-19-21(15-17)27-20(8-3-16-1-5-18(25)6-2-16)22(19)23(29)26-9-10-28-11-13-30-14-12-28/h1-8,15,27H,9-14H2,(H,26,29)/b8-3+. The average molecular weight is 489 g/mol. The number of aromatic amines is 1. The van der Waals surface area contributed by atoms with Gasteiger partial charge in [-0.2, -0.15) is 0 Å². The molecule has 1 aliphatic rings. The first-order valence-electron chi connectivity index (χ1n) is 9.93. The van der Waals surface area contributed by atoms with Crippen molar-refractivity contribution in [3.8, 4) is 0 Å². The van der Waals surface area contributed by atoms with E-state index in [-0.39, 0.29) is 5.91 Å². The number of carbonyl (C=O) groups excluding carboxylic acids is 1. The molecule has 0 bridgehead atoms. The molecule has 1 aliphatic heterocycles. The van der Waals surface area contributed by atoms with Crippen LogP contribution < -0.4 is 5.32 Å². The molecule has 1 aromatic heterocycles. The third-order valence-electron chi connectivity index (χ3n) is 5.15. The van der Waals surface area contributed by atoms with Gasteiger partial charge < -0.3 is 15.0 Å². The Morgan fingerprint density at radius 1 is 1.17 bits per heavy atom. The first-order chi connectivity index (χ1) is 14.6. The molecule has 0 spiro atoms. The Morgan fingerprint density at radius 3 is 2.70 bits per heavy atom. The summed E-state index contributed by atoms with van der Waals surface area (Å²) in [6.07, 6.45) is 3.91. The number of hydrogen-bond donors (Lipinski definition) is 2. The predicted octanol–water partition coefficient (Wildman–Crippen LogP) is 4.82. The van der Waals surface area contributed by atoms with Crippen molar-refractivity contribution < 1.29 is 9.53 Å². The van der Waals surface area contributed by atoms with Crippen LogP contribution in [0.5, 0.6) is 0 Å². The van der Waals surface area contributed by atoms with Crippen molar-refractivity contribution in [2.45, 2.75) is 0 Å². The van der Waals surface area contributed by atoms with Gasteiger partial charge >= 0.3 is 0 Å². The summed E-state index contributed by atoms with van der Waals surface area (Å²) >= 11 is 9.48. The molecule has 1 fully saturated rings. The minimum absolute atomic E-state index is 0.0763. The molecule has 2 N–H and O–H groups in total. The number of benzene rings is 2. The molecule has 3 aromatic rings. The number of nitrogens with zero attached hydrogens (tertiary/aromatic N) is 1. The van der Waals surface area contributed by atoms with Crippen molar-refractivity contribution in [1.82, 2.24) is 15.2 Å². The average Bonchev–Trinajstić information content (AvgIpc) is 3.11. The Labute approximate surface area is 189 Å². The first kappa shape index (κ1) is 21.1. The van der Waals surface area contributed by atoms with E-state index in [0.29, 0.717) is 17.1 Å². The van der Waals surface area contributed by atoms with E-state index in [1.54, 1.807) is 0 Å². The van der Waals surface area contributed by atoms with Crippen molar-refractivity contribution in [2.75, 3.05) is 39.4 Å². The molecule has 5 nitrogen and oxygen atoms in total.